The SMILES string of the molecule is O=C(O)C1(Nc2cccc(Cl)c2)CCC2(CC1)c1ccccc1C[C@@H]2c1ccc2occc2c1. The van der Waals surface area contributed by atoms with Crippen LogP contribution in [0.3, 0.4) is 0 Å². The predicted octanol–water partition coefficient (Wildman–Crippen LogP) is 7.17. The van der Waals surface area contributed by atoms with Crippen LogP contribution in [0.4, 0.5) is 5.69 Å². The minimum absolute atomic E-state index is 0.0804. The summed E-state index contributed by atoms with van der Waals surface area (Å²) in [5, 5.41) is 15.4. The molecule has 0 unspecified atom stereocenters. The number of aliphatic carboxylic acids is 1. The molecule has 4 aromatic rings. The third-order valence-corrected chi connectivity index (χ3v) is 8.37. The molecule has 1 atom stereocenters. The minimum Gasteiger partial charge on any atom is -0.480 e. The molecule has 0 bridgehead atoms. The number of rotatable bonds is 4. The molecule has 6 rings (SSSR count). The van der Waals surface area contributed by atoms with Crippen molar-refractivity contribution in [3.05, 3.63) is 101 Å². The first-order valence-corrected chi connectivity index (χ1v) is 12.2. The molecule has 2 N–H and O–H groups in total. The number of hydrogen-bond acceptors (Lipinski definition) is 3. The van der Waals surface area contributed by atoms with E-state index < -0.39 is 11.5 Å². The summed E-state index contributed by atoms with van der Waals surface area (Å²) in [5.41, 5.74) is 4.62. The van der Waals surface area contributed by atoms with Crippen LogP contribution < -0.4 is 5.32 Å². The molecule has 1 fully saturated rings. The zero-order valence-electron chi connectivity index (χ0n) is 18.8. The number of carboxylic acid groups (broad SMARTS) is 1. The number of anilines is 1. The van der Waals surface area contributed by atoms with Crippen LogP contribution in [0.25, 0.3) is 11.0 Å². The maximum atomic E-state index is 12.6. The van der Waals surface area contributed by atoms with Crippen molar-refractivity contribution in [1.82, 2.24) is 0 Å². The molecule has 1 heterocycles. The Hall–Kier alpha value is -3.24. The van der Waals surface area contributed by atoms with Gasteiger partial charge in [0.25, 0.3) is 0 Å². The van der Waals surface area contributed by atoms with Gasteiger partial charge in [0.2, 0.25) is 0 Å². The molecule has 2 aliphatic rings. The highest BCUT2D eigenvalue weighted by molar-refractivity contribution is 6.30. The average molecular weight is 472 g/mol. The largest absolute Gasteiger partial charge is 0.480 e. The Morgan fingerprint density at radius 2 is 1.79 bits per heavy atom. The van der Waals surface area contributed by atoms with E-state index in [1.165, 1.54) is 16.7 Å². The Labute approximate surface area is 203 Å². The topological polar surface area (TPSA) is 62.5 Å². The van der Waals surface area contributed by atoms with E-state index >= 15 is 0 Å². The van der Waals surface area contributed by atoms with Crippen LogP contribution in [0, 0.1) is 0 Å². The van der Waals surface area contributed by atoms with E-state index in [4.69, 9.17) is 16.0 Å². The fraction of sp³-hybridized carbons (Fsp3) is 0.276. The monoisotopic (exact) mass is 471 g/mol. The minimum atomic E-state index is -1.01. The van der Waals surface area contributed by atoms with Crippen molar-refractivity contribution in [3.63, 3.8) is 0 Å². The first-order valence-electron chi connectivity index (χ1n) is 11.8. The molecule has 4 nitrogen and oxygen atoms in total. The van der Waals surface area contributed by atoms with E-state index in [0.29, 0.717) is 23.8 Å². The lowest BCUT2D eigenvalue weighted by molar-refractivity contribution is -0.144. The number of hydrogen-bond donors (Lipinski definition) is 2. The van der Waals surface area contributed by atoms with Crippen LogP contribution in [0.15, 0.2) is 83.5 Å². The number of benzene rings is 3. The molecule has 0 saturated heterocycles. The van der Waals surface area contributed by atoms with Crippen LogP contribution in [0.1, 0.15) is 48.3 Å². The second kappa shape index (κ2) is 7.92. The Balaban J connectivity index is 1.37. The van der Waals surface area contributed by atoms with Gasteiger partial charge < -0.3 is 14.8 Å². The van der Waals surface area contributed by atoms with Crippen LogP contribution in [0.2, 0.25) is 5.02 Å². The lowest BCUT2D eigenvalue weighted by Crippen LogP contribution is -2.52. The van der Waals surface area contributed by atoms with E-state index in [0.717, 1.165) is 35.9 Å². The molecular weight excluding hydrogens is 446 g/mol. The summed E-state index contributed by atoms with van der Waals surface area (Å²) >= 11 is 6.17. The summed E-state index contributed by atoms with van der Waals surface area (Å²) < 4.78 is 5.57. The van der Waals surface area contributed by atoms with Gasteiger partial charge in [-0.05, 0) is 91.1 Å². The quantitative estimate of drug-likeness (QED) is 0.331. The van der Waals surface area contributed by atoms with Crippen molar-refractivity contribution in [2.45, 2.75) is 49.0 Å². The van der Waals surface area contributed by atoms with E-state index in [1.807, 2.05) is 18.2 Å². The van der Waals surface area contributed by atoms with E-state index in [2.05, 4.69) is 47.8 Å². The summed E-state index contributed by atoms with van der Waals surface area (Å²) in [6.07, 6.45) is 5.41. The third-order valence-electron chi connectivity index (χ3n) is 8.14. The van der Waals surface area contributed by atoms with Crippen molar-refractivity contribution in [2.75, 3.05) is 5.32 Å². The number of carboxylic acids is 1. The molecule has 34 heavy (non-hydrogen) atoms. The van der Waals surface area contributed by atoms with Gasteiger partial charge >= 0.3 is 5.97 Å². The van der Waals surface area contributed by atoms with Gasteiger partial charge in [-0.25, -0.2) is 4.79 Å². The molecule has 172 valence electrons. The Kier molecular flexibility index (Phi) is 4.96. The molecule has 0 amide bonds. The number of carbonyl (C=O) groups is 1. The lowest BCUT2D eigenvalue weighted by Gasteiger charge is -2.47. The highest BCUT2D eigenvalue weighted by Crippen LogP contribution is 2.58. The Bertz CT molecular complexity index is 1380. The van der Waals surface area contributed by atoms with Gasteiger partial charge in [0.05, 0.1) is 6.26 Å². The normalized spacial score (nSPS) is 26.0. The zero-order chi connectivity index (χ0) is 23.3. The standard InChI is InChI=1S/C29H26ClNO3/c30-22-5-3-6-23(18-22)31-29(27(32)33)13-11-28(12-14-29)24-7-2-1-4-19(24)17-25(28)20-8-9-26-21(16-20)10-15-34-26/h1-10,15-16,18,25,31H,11-14,17H2,(H,32,33)/t25-,28?,29?/m1/s1. The number of nitrogens with one attached hydrogen (secondary N) is 1. The first kappa shape index (κ1) is 21.3. The van der Waals surface area contributed by atoms with Gasteiger partial charge in [-0.2, -0.15) is 0 Å². The summed E-state index contributed by atoms with van der Waals surface area (Å²) in [6.45, 7) is 0. The third kappa shape index (κ3) is 3.32. The van der Waals surface area contributed by atoms with Crippen molar-refractivity contribution in [3.8, 4) is 0 Å². The van der Waals surface area contributed by atoms with Gasteiger partial charge in [0.15, 0.2) is 0 Å². The maximum Gasteiger partial charge on any atom is 0.329 e. The predicted molar refractivity (Wildman–Crippen MR) is 135 cm³/mol. The molecule has 2 aliphatic carbocycles. The second-order valence-electron chi connectivity index (χ2n) is 9.81. The Morgan fingerprint density at radius 1 is 0.971 bits per heavy atom. The Morgan fingerprint density at radius 3 is 2.59 bits per heavy atom. The molecule has 0 aliphatic heterocycles. The lowest BCUT2D eigenvalue weighted by atomic mass is 9.59. The van der Waals surface area contributed by atoms with Crippen LogP contribution in [0.5, 0.6) is 0 Å². The van der Waals surface area contributed by atoms with Crippen molar-refractivity contribution < 1.29 is 14.3 Å². The van der Waals surface area contributed by atoms with Crippen LogP contribution in [-0.2, 0) is 16.6 Å². The highest BCUT2D eigenvalue weighted by Gasteiger charge is 2.54. The van der Waals surface area contributed by atoms with Gasteiger partial charge in [-0.1, -0.05) is 48.0 Å². The van der Waals surface area contributed by atoms with Gasteiger partial charge in [-0.3, -0.25) is 0 Å². The van der Waals surface area contributed by atoms with E-state index in [1.54, 1.807) is 18.4 Å². The fourth-order valence-electron chi connectivity index (χ4n) is 6.40. The summed E-state index contributed by atoms with van der Waals surface area (Å²) in [6, 6.07) is 24.6. The number of fused-ring (bicyclic) bond motifs is 3. The average Bonchev–Trinajstić information content (AvgIpc) is 3.43. The van der Waals surface area contributed by atoms with Gasteiger partial charge in [0, 0.05) is 21.5 Å². The summed E-state index contributed by atoms with van der Waals surface area (Å²) in [5.74, 6) is -0.493. The molecule has 1 saturated carbocycles. The first-order chi connectivity index (χ1) is 16.5. The molecule has 3 aromatic carbocycles. The molecule has 0 radical (unpaired) electrons. The molecular formula is C29H26ClNO3. The van der Waals surface area contributed by atoms with Crippen LogP contribution >= 0.6 is 11.6 Å². The van der Waals surface area contributed by atoms with Gasteiger partial charge in [-0.15, -0.1) is 0 Å². The molecule has 5 heteroatoms. The second-order valence-corrected chi connectivity index (χ2v) is 10.2. The maximum absolute atomic E-state index is 12.6. The smallest absolute Gasteiger partial charge is 0.329 e. The van der Waals surface area contributed by atoms with E-state index in [9.17, 15) is 9.90 Å². The molecule has 1 spiro atoms. The number of furan rings is 1. The van der Waals surface area contributed by atoms with Crippen LogP contribution in [-0.4, -0.2) is 16.6 Å². The highest BCUT2D eigenvalue weighted by atomic mass is 35.5. The van der Waals surface area contributed by atoms with Crippen molar-refractivity contribution in [1.29, 1.82) is 0 Å². The van der Waals surface area contributed by atoms with Crippen molar-refractivity contribution in [2.24, 2.45) is 0 Å². The summed E-state index contributed by atoms with van der Waals surface area (Å²) in [4.78, 5) is 12.6. The van der Waals surface area contributed by atoms with Gasteiger partial charge in [0.1, 0.15) is 11.1 Å². The zero-order valence-corrected chi connectivity index (χ0v) is 19.5. The van der Waals surface area contributed by atoms with Crippen molar-refractivity contribution >= 4 is 34.2 Å². The fourth-order valence-corrected chi connectivity index (χ4v) is 6.59. The van der Waals surface area contributed by atoms with E-state index in [-0.39, 0.29) is 5.41 Å². The molecule has 1 aromatic heterocycles. The summed E-state index contributed by atoms with van der Waals surface area (Å²) in [7, 11) is 0. The number of halogens is 1.